The van der Waals surface area contributed by atoms with E-state index in [9.17, 15) is 14.4 Å². The lowest BCUT2D eigenvalue weighted by atomic mass is 10.1. The highest BCUT2D eigenvalue weighted by Crippen LogP contribution is 2.17. The zero-order chi connectivity index (χ0) is 18.2. The van der Waals surface area contributed by atoms with E-state index in [1.165, 1.54) is 0 Å². The van der Waals surface area contributed by atoms with Crippen LogP contribution in [-0.2, 0) is 16.0 Å². The molecule has 2 aromatic carbocycles. The van der Waals surface area contributed by atoms with Crippen molar-refractivity contribution < 1.29 is 19.1 Å². The van der Waals surface area contributed by atoms with Crippen molar-refractivity contribution in [2.24, 2.45) is 0 Å². The van der Waals surface area contributed by atoms with E-state index in [2.05, 4.69) is 10.9 Å². The summed E-state index contributed by atoms with van der Waals surface area (Å²) >= 11 is 0. The highest BCUT2D eigenvalue weighted by atomic mass is 16.5. The molecule has 6 heteroatoms. The van der Waals surface area contributed by atoms with Crippen molar-refractivity contribution in [2.45, 2.75) is 20.3 Å². The molecule has 6 nitrogen and oxygen atoms in total. The first-order valence-corrected chi connectivity index (χ1v) is 7.92. The Morgan fingerprint density at radius 2 is 1.64 bits per heavy atom. The maximum absolute atomic E-state index is 11.9. The SMILES string of the molecule is CCc1ccccc1OCC(=O)NNC(=O)C(=O)c1ccc(C)cc1. The van der Waals surface area contributed by atoms with E-state index in [1.807, 2.05) is 32.0 Å². The van der Waals surface area contributed by atoms with Crippen molar-refractivity contribution in [2.75, 3.05) is 6.61 Å². The lowest BCUT2D eigenvalue weighted by Crippen LogP contribution is -2.46. The van der Waals surface area contributed by atoms with Crippen LogP contribution in [0.25, 0.3) is 0 Å². The number of amides is 2. The Kier molecular flexibility index (Phi) is 6.28. The van der Waals surface area contributed by atoms with E-state index in [0.717, 1.165) is 17.5 Å². The minimum atomic E-state index is -0.911. The zero-order valence-corrected chi connectivity index (χ0v) is 14.2. The van der Waals surface area contributed by atoms with E-state index < -0.39 is 17.6 Å². The Morgan fingerprint density at radius 1 is 0.960 bits per heavy atom. The van der Waals surface area contributed by atoms with Gasteiger partial charge < -0.3 is 4.74 Å². The van der Waals surface area contributed by atoms with Gasteiger partial charge in [0.2, 0.25) is 0 Å². The van der Waals surface area contributed by atoms with E-state index in [0.29, 0.717) is 5.75 Å². The van der Waals surface area contributed by atoms with Gasteiger partial charge >= 0.3 is 5.91 Å². The number of para-hydroxylation sites is 1. The first kappa shape index (κ1) is 18.2. The number of Topliss-reactive ketones (excluding diaryl/α,β-unsaturated/α-hetero) is 1. The Labute approximate surface area is 146 Å². The first-order chi connectivity index (χ1) is 12.0. The molecule has 2 amide bonds. The van der Waals surface area contributed by atoms with E-state index in [-0.39, 0.29) is 12.2 Å². The average Bonchev–Trinajstić information content (AvgIpc) is 2.64. The van der Waals surface area contributed by atoms with E-state index >= 15 is 0 Å². The second-order valence-electron chi connectivity index (χ2n) is 5.45. The second kappa shape index (κ2) is 8.63. The van der Waals surface area contributed by atoms with E-state index in [1.54, 1.807) is 30.3 Å². The third-order valence-corrected chi connectivity index (χ3v) is 3.55. The standard InChI is InChI=1S/C19H20N2O4/c1-3-14-6-4-5-7-16(14)25-12-17(22)20-21-19(24)18(23)15-10-8-13(2)9-11-15/h4-11H,3,12H2,1-2H3,(H,20,22)(H,21,24). The number of ether oxygens (including phenoxy) is 1. The van der Waals surface area contributed by atoms with E-state index in [4.69, 9.17) is 4.74 Å². The number of nitrogens with one attached hydrogen (secondary N) is 2. The van der Waals surface area contributed by atoms with Crippen LogP contribution in [0.3, 0.4) is 0 Å². The summed E-state index contributed by atoms with van der Waals surface area (Å²) in [5.74, 6) is -1.58. The molecule has 0 aliphatic carbocycles. The van der Waals surface area contributed by atoms with Gasteiger partial charge in [-0.05, 0) is 25.0 Å². The summed E-state index contributed by atoms with van der Waals surface area (Å²) in [6, 6.07) is 14.0. The largest absolute Gasteiger partial charge is 0.483 e. The number of hydrogen-bond acceptors (Lipinski definition) is 4. The predicted molar refractivity (Wildman–Crippen MR) is 93.1 cm³/mol. The summed E-state index contributed by atoms with van der Waals surface area (Å²) in [5, 5.41) is 0. The maximum atomic E-state index is 11.9. The molecule has 2 N–H and O–H groups in total. The molecular weight excluding hydrogens is 320 g/mol. The third kappa shape index (κ3) is 5.17. The van der Waals surface area contributed by atoms with Crippen LogP contribution >= 0.6 is 0 Å². The molecule has 0 unspecified atom stereocenters. The molecule has 0 aromatic heterocycles. The van der Waals surface area contributed by atoms with Crippen molar-refractivity contribution >= 4 is 17.6 Å². The number of benzene rings is 2. The molecule has 2 rings (SSSR count). The lowest BCUT2D eigenvalue weighted by molar-refractivity contribution is -0.128. The van der Waals surface area contributed by atoms with Crippen LogP contribution in [0.1, 0.15) is 28.4 Å². The van der Waals surface area contributed by atoms with Crippen LogP contribution < -0.4 is 15.6 Å². The van der Waals surface area contributed by atoms with Crippen LogP contribution in [0.5, 0.6) is 5.75 Å². The number of hydrazine groups is 1. The van der Waals surface area contributed by atoms with Crippen LogP contribution in [0.15, 0.2) is 48.5 Å². The summed E-state index contributed by atoms with van der Waals surface area (Å²) in [4.78, 5) is 35.5. The minimum absolute atomic E-state index is 0.255. The number of hydrogen-bond donors (Lipinski definition) is 2. The molecule has 0 aliphatic heterocycles. The van der Waals surface area contributed by atoms with Gasteiger partial charge in [-0.3, -0.25) is 25.2 Å². The van der Waals surface area contributed by atoms with Crippen molar-refractivity contribution in [3.63, 3.8) is 0 Å². The Bertz CT molecular complexity index is 769. The van der Waals surface area contributed by atoms with Gasteiger partial charge in [0, 0.05) is 5.56 Å². The quantitative estimate of drug-likeness (QED) is 0.478. The Morgan fingerprint density at radius 3 is 2.32 bits per heavy atom. The Balaban J connectivity index is 1.82. The first-order valence-electron chi connectivity index (χ1n) is 7.92. The van der Waals surface area contributed by atoms with Gasteiger partial charge in [-0.15, -0.1) is 0 Å². The predicted octanol–water partition coefficient (Wildman–Crippen LogP) is 1.97. The summed E-state index contributed by atoms with van der Waals surface area (Å²) in [7, 11) is 0. The Hall–Kier alpha value is -3.15. The summed E-state index contributed by atoms with van der Waals surface area (Å²) in [5.41, 5.74) is 6.48. The number of rotatable bonds is 6. The van der Waals surface area contributed by atoms with Gasteiger partial charge in [0.1, 0.15) is 5.75 Å². The highest BCUT2D eigenvalue weighted by molar-refractivity contribution is 6.42. The molecular formula is C19H20N2O4. The molecule has 0 bridgehead atoms. The minimum Gasteiger partial charge on any atom is -0.483 e. The molecule has 0 fully saturated rings. The number of ketones is 1. The monoisotopic (exact) mass is 340 g/mol. The highest BCUT2D eigenvalue weighted by Gasteiger charge is 2.16. The van der Waals surface area contributed by atoms with Crippen molar-refractivity contribution in [3.8, 4) is 5.75 Å². The molecule has 0 heterocycles. The smallest absolute Gasteiger partial charge is 0.310 e. The normalized spacial score (nSPS) is 10.0. The topological polar surface area (TPSA) is 84.5 Å². The lowest BCUT2D eigenvalue weighted by Gasteiger charge is -2.11. The van der Waals surface area contributed by atoms with Crippen molar-refractivity contribution in [1.82, 2.24) is 10.9 Å². The number of carbonyl (C=O) groups excluding carboxylic acids is 3. The van der Waals surface area contributed by atoms with Gasteiger partial charge in [-0.1, -0.05) is 55.0 Å². The average molecular weight is 340 g/mol. The molecule has 25 heavy (non-hydrogen) atoms. The van der Waals surface area contributed by atoms with Crippen LogP contribution in [0, 0.1) is 6.92 Å². The summed E-state index contributed by atoms with van der Waals surface area (Å²) in [6.07, 6.45) is 0.777. The third-order valence-electron chi connectivity index (χ3n) is 3.55. The number of aryl methyl sites for hydroxylation is 2. The molecule has 0 spiro atoms. The fourth-order valence-electron chi connectivity index (χ4n) is 2.14. The van der Waals surface area contributed by atoms with Gasteiger partial charge in [-0.25, -0.2) is 0 Å². The molecule has 0 saturated carbocycles. The van der Waals surface area contributed by atoms with Gasteiger partial charge in [0.05, 0.1) is 0 Å². The molecule has 0 atom stereocenters. The second-order valence-corrected chi connectivity index (χ2v) is 5.45. The van der Waals surface area contributed by atoms with Gasteiger partial charge in [-0.2, -0.15) is 0 Å². The van der Waals surface area contributed by atoms with Crippen molar-refractivity contribution in [3.05, 3.63) is 65.2 Å². The zero-order valence-electron chi connectivity index (χ0n) is 14.2. The molecule has 130 valence electrons. The summed E-state index contributed by atoms with van der Waals surface area (Å²) in [6.45, 7) is 3.60. The van der Waals surface area contributed by atoms with Crippen LogP contribution in [0.4, 0.5) is 0 Å². The molecule has 0 radical (unpaired) electrons. The van der Waals surface area contributed by atoms with Crippen LogP contribution in [0.2, 0.25) is 0 Å². The fourth-order valence-corrected chi connectivity index (χ4v) is 2.14. The molecule has 2 aromatic rings. The van der Waals surface area contributed by atoms with Gasteiger partial charge in [0.25, 0.3) is 11.7 Å². The van der Waals surface area contributed by atoms with Crippen LogP contribution in [-0.4, -0.2) is 24.2 Å². The molecule has 0 saturated heterocycles. The maximum Gasteiger partial charge on any atom is 0.310 e. The van der Waals surface area contributed by atoms with Gasteiger partial charge in [0.15, 0.2) is 6.61 Å². The molecule has 0 aliphatic rings. The summed E-state index contributed by atoms with van der Waals surface area (Å²) < 4.78 is 5.43. The van der Waals surface area contributed by atoms with Crippen molar-refractivity contribution in [1.29, 1.82) is 0 Å². The number of carbonyl (C=O) groups is 3. The fraction of sp³-hybridized carbons (Fsp3) is 0.211.